The Morgan fingerprint density at radius 1 is 0.786 bits per heavy atom. The molecule has 0 radical (unpaired) electrons. The lowest BCUT2D eigenvalue weighted by Gasteiger charge is -2.49. The molecule has 3 heterocycles. The number of allylic oxidation sites excluding steroid dienone is 1. The van der Waals surface area contributed by atoms with Crippen molar-refractivity contribution in [3.8, 4) is 0 Å². The van der Waals surface area contributed by atoms with Crippen molar-refractivity contribution in [3.05, 3.63) is 208 Å². The van der Waals surface area contributed by atoms with Crippen molar-refractivity contribution in [1.82, 2.24) is 20.4 Å². The lowest BCUT2D eigenvalue weighted by Crippen LogP contribution is -2.70. The number of hydrogen-bond donors (Lipinski definition) is 2. The van der Waals surface area contributed by atoms with Gasteiger partial charge in [0.05, 0.1) is 6.42 Å². The number of β-lactam (4-membered cyclic amide) rings is 1. The number of hydrogen-bond acceptors (Lipinski definition) is 9. The molecule has 8 rings (SSSR count). The first-order valence-corrected chi connectivity index (χ1v) is 20.0. The van der Waals surface area contributed by atoms with E-state index in [2.05, 4.69) is 63.8 Å². The minimum atomic E-state index is -0.826. The minimum absolute atomic E-state index is 0.0754. The molecule has 0 spiro atoms. The molecule has 2 aliphatic heterocycles. The molecule has 6 aromatic rings. The van der Waals surface area contributed by atoms with Gasteiger partial charge in [0.15, 0.2) is 6.10 Å². The van der Waals surface area contributed by atoms with Gasteiger partial charge in [0.1, 0.15) is 27.7 Å². The lowest BCUT2D eigenvalue weighted by molar-refractivity contribution is -0.154. The first-order valence-electron chi connectivity index (χ1n) is 18.1. The summed E-state index contributed by atoms with van der Waals surface area (Å²) < 4.78 is 6.16. The maximum Gasteiger partial charge on any atom is 0.356 e. The van der Waals surface area contributed by atoms with Crippen molar-refractivity contribution < 1.29 is 19.1 Å². The minimum Gasteiger partial charge on any atom is -0.448 e. The van der Waals surface area contributed by atoms with Gasteiger partial charge in [0.2, 0.25) is 11.0 Å². The van der Waals surface area contributed by atoms with E-state index >= 15 is 0 Å². The van der Waals surface area contributed by atoms with Gasteiger partial charge >= 0.3 is 5.97 Å². The molecule has 1 aromatic heterocycles. The van der Waals surface area contributed by atoms with Gasteiger partial charge in [-0.2, -0.15) is 0 Å². The Hall–Kier alpha value is -6.30. The first kappa shape index (κ1) is 36.7. The number of fused-ring (bicyclic) bond motifs is 1. The standard InChI is InChI=1S/C45H37N5O4S2/c1-2-30-29-55-42-38(41(52)50(42)39(30)43(53)54-40(31-18-8-3-9-19-31)32-20-10-4-11-21-32)46-36(51)28-37-48-49-44(56-37)47-45(33-22-12-5-13-23-33,34-24-14-6-15-25-34)35-26-16-7-17-27-35/h2-27,38,40,42H,1,28-29H2,(H,46,51)(H,47,49)/t38?,42-/m0/s1. The molecular weight excluding hydrogens is 739 g/mol. The number of thioether (sulfide) groups is 1. The summed E-state index contributed by atoms with van der Waals surface area (Å²) >= 11 is 2.74. The summed E-state index contributed by atoms with van der Waals surface area (Å²) in [6, 6.07) is 48.6. The van der Waals surface area contributed by atoms with Crippen LogP contribution in [0.25, 0.3) is 0 Å². The van der Waals surface area contributed by atoms with Crippen LogP contribution in [0.2, 0.25) is 0 Å². The summed E-state index contributed by atoms with van der Waals surface area (Å²) in [6.07, 6.45) is 0.823. The van der Waals surface area contributed by atoms with Gasteiger partial charge in [-0.3, -0.25) is 14.5 Å². The molecule has 11 heteroatoms. The summed E-state index contributed by atoms with van der Waals surface area (Å²) in [4.78, 5) is 42.6. The summed E-state index contributed by atoms with van der Waals surface area (Å²) in [5.41, 5.74) is 4.58. The second kappa shape index (κ2) is 16.2. The van der Waals surface area contributed by atoms with Crippen LogP contribution in [-0.4, -0.2) is 50.0 Å². The molecule has 2 amide bonds. The molecular formula is C45H37N5O4S2. The average molecular weight is 776 g/mol. The fourth-order valence-electron chi connectivity index (χ4n) is 7.21. The monoisotopic (exact) mass is 775 g/mol. The number of nitrogens with zero attached hydrogens (tertiary/aromatic N) is 3. The number of rotatable bonds is 13. The van der Waals surface area contributed by atoms with E-state index in [-0.39, 0.29) is 18.0 Å². The van der Waals surface area contributed by atoms with Gasteiger partial charge < -0.3 is 15.4 Å². The van der Waals surface area contributed by atoms with Gasteiger partial charge in [-0.25, -0.2) is 4.79 Å². The van der Waals surface area contributed by atoms with Gasteiger partial charge in [-0.1, -0.05) is 176 Å². The van der Waals surface area contributed by atoms with Crippen LogP contribution in [0.5, 0.6) is 0 Å². The number of aromatic nitrogens is 2. The number of anilines is 1. The zero-order chi connectivity index (χ0) is 38.5. The van der Waals surface area contributed by atoms with E-state index in [9.17, 15) is 14.4 Å². The van der Waals surface area contributed by atoms with E-state index in [0.29, 0.717) is 21.5 Å². The molecule has 2 atom stereocenters. The van der Waals surface area contributed by atoms with Crippen molar-refractivity contribution in [2.75, 3.05) is 11.1 Å². The van der Waals surface area contributed by atoms with Crippen LogP contribution in [0.3, 0.4) is 0 Å². The third-order valence-corrected chi connectivity index (χ3v) is 12.0. The number of carbonyl (C=O) groups is 3. The zero-order valence-electron chi connectivity index (χ0n) is 30.2. The molecule has 2 aliphatic rings. The van der Waals surface area contributed by atoms with Crippen molar-refractivity contribution in [2.24, 2.45) is 0 Å². The highest BCUT2D eigenvalue weighted by Crippen LogP contribution is 2.43. The smallest absolute Gasteiger partial charge is 0.356 e. The Morgan fingerprint density at radius 2 is 1.29 bits per heavy atom. The van der Waals surface area contributed by atoms with E-state index in [1.807, 2.05) is 115 Å². The van der Waals surface area contributed by atoms with Gasteiger partial charge in [0.25, 0.3) is 5.91 Å². The Labute approximate surface area is 333 Å². The van der Waals surface area contributed by atoms with Crippen LogP contribution in [-0.2, 0) is 31.1 Å². The maximum absolute atomic E-state index is 14.0. The number of benzene rings is 5. The van der Waals surface area contributed by atoms with Crippen molar-refractivity contribution in [1.29, 1.82) is 0 Å². The predicted molar refractivity (Wildman–Crippen MR) is 220 cm³/mol. The van der Waals surface area contributed by atoms with Crippen LogP contribution >= 0.6 is 23.1 Å². The number of nitrogens with one attached hydrogen (secondary N) is 2. The topological polar surface area (TPSA) is 114 Å². The summed E-state index contributed by atoms with van der Waals surface area (Å²) in [6.45, 7) is 3.91. The molecule has 56 heavy (non-hydrogen) atoms. The molecule has 9 nitrogen and oxygen atoms in total. The Kier molecular flexibility index (Phi) is 10.6. The van der Waals surface area contributed by atoms with Gasteiger partial charge in [-0.15, -0.1) is 22.0 Å². The van der Waals surface area contributed by atoms with E-state index < -0.39 is 34.9 Å². The number of carbonyl (C=O) groups excluding carboxylic acids is 3. The fraction of sp³-hybridized carbons (Fsp3) is 0.133. The van der Waals surface area contributed by atoms with E-state index in [4.69, 9.17) is 4.74 Å². The molecule has 278 valence electrons. The van der Waals surface area contributed by atoms with Crippen molar-refractivity contribution >= 4 is 46.0 Å². The quantitative estimate of drug-likeness (QED) is 0.0699. The fourth-order valence-corrected chi connectivity index (χ4v) is 9.35. The van der Waals surface area contributed by atoms with Crippen LogP contribution in [0.15, 0.2) is 176 Å². The molecule has 2 N–H and O–H groups in total. The van der Waals surface area contributed by atoms with Crippen LogP contribution in [0.1, 0.15) is 38.9 Å². The maximum atomic E-state index is 14.0. The van der Waals surface area contributed by atoms with Gasteiger partial charge in [0, 0.05) is 5.75 Å². The van der Waals surface area contributed by atoms with Crippen LogP contribution in [0.4, 0.5) is 5.13 Å². The van der Waals surface area contributed by atoms with Gasteiger partial charge in [-0.05, 0) is 33.4 Å². The van der Waals surface area contributed by atoms with Crippen molar-refractivity contribution in [2.45, 2.75) is 29.5 Å². The molecule has 1 fully saturated rings. The molecule has 1 saturated heterocycles. The lowest BCUT2D eigenvalue weighted by atomic mass is 9.77. The first-order chi connectivity index (χ1) is 27.5. The Bertz CT molecular complexity index is 2240. The molecule has 0 aliphatic carbocycles. The molecule has 5 aromatic carbocycles. The zero-order valence-corrected chi connectivity index (χ0v) is 31.8. The second-order valence-corrected chi connectivity index (χ2v) is 15.5. The third kappa shape index (κ3) is 7.14. The third-order valence-electron chi connectivity index (χ3n) is 9.88. The molecule has 0 bridgehead atoms. The van der Waals surface area contributed by atoms with E-state index in [1.165, 1.54) is 28.0 Å². The largest absolute Gasteiger partial charge is 0.448 e. The highest BCUT2D eigenvalue weighted by molar-refractivity contribution is 8.00. The summed E-state index contributed by atoms with van der Waals surface area (Å²) in [5.74, 6) is -0.973. The normalized spacial score (nSPS) is 16.4. The number of esters is 1. The number of ether oxygens (including phenoxy) is 1. The summed E-state index contributed by atoms with van der Waals surface area (Å²) in [7, 11) is 0. The number of amides is 2. The van der Waals surface area contributed by atoms with E-state index in [0.717, 1.165) is 27.8 Å². The highest BCUT2D eigenvalue weighted by atomic mass is 32.2. The molecule has 0 saturated carbocycles. The van der Waals surface area contributed by atoms with Crippen molar-refractivity contribution in [3.63, 3.8) is 0 Å². The highest BCUT2D eigenvalue weighted by Gasteiger charge is 2.54. The SMILES string of the molecule is C=CC1=C(C(=O)OC(c2ccccc2)c2ccccc2)N2C(=O)C(NC(=O)Cc3nnc(NC(c4ccccc4)(c4ccccc4)c4ccccc4)s3)[C@@H]2SC1. The van der Waals surface area contributed by atoms with Crippen LogP contribution in [0, 0.1) is 0 Å². The average Bonchev–Trinajstić information content (AvgIpc) is 3.70. The molecule has 1 unspecified atom stereocenters. The van der Waals surface area contributed by atoms with E-state index in [1.54, 1.807) is 6.08 Å². The second-order valence-electron chi connectivity index (χ2n) is 13.3. The Balaban J connectivity index is 0.982. The summed E-state index contributed by atoms with van der Waals surface area (Å²) in [5, 5.41) is 16.0. The predicted octanol–water partition coefficient (Wildman–Crippen LogP) is 7.66. The van der Waals surface area contributed by atoms with Crippen LogP contribution < -0.4 is 10.6 Å². The Morgan fingerprint density at radius 3 is 1.79 bits per heavy atom.